The van der Waals surface area contributed by atoms with E-state index in [2.05, 4.69) is 10.3 Å². The molecule has 4 nitrogen and oxygen atoms in total. The van der Waals surface area contributed by atoms with Crippen molar-refractivity contribution in [2.24, 2.45) is 0 Å². The highest BCUT2D eigenvalue weighted by Gasteiger charge is 2.23. The Morgan fingerprint density at radius 1 is 1.20 bits per heavy atom. The average Bonchev–Trinajstić information content (AvgIpc) is 3.09. The van der Waals surface area contributed by atoms with Crippen LogP contribution < -0.4 is 5.32 Å². The van der Waals surface area contributed by atoms with Crippen molar-refractivity contribution in [2.75, 3.05) is 19.6 Å². The Morgan fingerprint density at radius 3 is 2.65 bits per heavy atom. The molecule has 1 atom stereocenters. The molecule has 1 N–H and O–H groups in total. The first-order valence-corrected chi connectivity index (χ1v) is 8.70. The monoisotopic (exact) mass is 293 g/mol. The van der Waals surface area contributed by atoms with E-state index < -0.39 is 0 Å². The Morgan fingerprint density at radius 2 is 1.95 bits per heavy atom. The topological polar surface area (TPSA) is 45.2 Å². The van der Waals surface area contributed by atoms with Crippen LogP contribution in [0.2, 0.25) is 0 Å². The molecule has 0 saturated carbocycles. The molecule has 1 aromatic rings. The number of carbonyl (C=O) groups excluding carboxylic acids is 1. The van der Waals surface area contributed by atoms with E-state index >= 15 is 0 Å². The maximum Gasteiger partial charge on any atom is 0.273 e. The smallest absolute Gasteiger partial charge is 0.273 e. The third-order valence-corrected chi connectivity index (χ3v) is 5.20. The van der Waals surface area contributed by atoms with E-state index in [1.165, 1.54) is 25.7 Å². The third kappa shape index (κ3) is 3.20. The zero-order chi connectivity index (χ0) is 13.8. The molecular formula is C15H23N3OS. The first-order chi connectivity index (χ1) is 9.84. The summed E-state index contributed by atoms with van der Waals surface area (Å²) >= 11 is 1.63. The maximum absolute atomic E-state index is 12.5. The highest BCUT2D eigenvalue weighted by atomic mass is 32.1. The molecule has 2 fully saturated rings. The van der Waals surface area contributed by atoms with Crippen molar-refractivity contribution in [1.82, 2.24) is 15.2 Å². The number of rotatable bonds is 2. The summed E-state index contributed by atoms with van der Waals surface area (Å²) in [5.74, 6) is 0.132. The molecule has 2 saturated heterocycles. The number of thiazole rings is 1. The fraction of sp³-hybridized carbons (Fsp3) is 0.733. The molecule has 3 rings (SSSR count). The number of nitrogens with zero attached hydrogens (tertiary/aromatic N) is 2. The third-order valence-electron chi connectivity index (χ3n) is 4.24. The number of carbonyl (C=O) groups is 1. The Balaban J connectivity index is 1.66. The van der Waals surface area contributed by atoms with E-state index in [-0.39, 0.29) is 5.91 Å². The van der Waals surface area contributed by atoms with Gasteiger partial charge in [0, 0.05) is 18.5 Å². The van der Waals surface area contributed by atoms with Crippen molar-refractivity contribution in [2.45, 2.75) is 51.0 Å². The van der Waals surface area contributed by atoms with Crippen LogP contribution in [0.15, 0.2) is 5.38 Å². The summed E-state index contributed by atoms with van der Waals surface area (Å²) in [6.07, 6.45) is 8.43. The Labute approximate surface area is 124 Å². The van der Waals surface area contributed by atoms with Gasteiger partial charge in [-0.2, -0.15) is 0 Å². The molecule has 0 bridgehead atoms. The predicted molar refractivity (Wildman–Crippen MR) is 81.1 cm³/mol. The Bertz CT molecular complexity index is 446. The maximum atomic E-state index is 12.5. The minimum Gasteiger partial charge on any atom is -0.337 e. The van der Waals surface area contributed by atoms with Gasteiger partial charge in [0.05, 0.1) is 6.04 Å². The van der Waals surface area contributed by atoms with E-state index in [0.717, 1.165) is 43.9 Å². The summed E-state index contributed by atoms with van der Waals surface area (Å²) in [5.41, 5.74) is 0.652. The molecule has 0 aliphatic carbocycles. The van der Waals surface area contributed by atoms with Crippen molar-refractivity contribution in [3.05, 3.63) is 16.1 Å². The number of hydrogen-bond acceptors (Lipinski definition) is 4. The van der Waals surface area contributed by atoms with E-state index in [0.29, 0.717) is 11.7 Å². The minimum atomic E-state index is 0.132. The van der Waals surface area contributed by atoms with Crippen molar-refractivity contribution in [1.29, 1.82) is 0 Å². The second-order valence-electron chi connectivity index (χ2n) is 5.78. The standard InChI is InChI=1S/C15H23N3OS/c19-15(18-9-4-2-1-3-5-10-18)13-11-20-14(17-13)12-7-6-8-16-12/h11-12,16H,1-10H2. The summed E-state index contributed by atoms with van der Waals surface area (Å²) in [6.45, 7) is 2.86. The van der Waals surface area contributed by atoms with Gasteiger partial charge in [0.1, 0.15) is 10.7 Å². The van der Waals surface area contributed by atoms with E-state index in [1.54, 1.807) is 11.3 Å². The van der Waals surface area contributed by atoms with Crippen LogP contribution in [0.3, 0.4) is 0 Å². The average molecular weight is 293 g/mol. The predicted octanol–water partition coefficient (Wildman–Crippen LogP) is 2.97. The molecule has 5 heteroatoms. The molecule has 0 aromatic carbocycles. The summed E-state index contributed by atoms with van der Waals surface area (Å²) in [4.78, 5) is 19.1. The van der Waals surface area contributed by atoms with Crippen LogP contribution in [0.25, 0.3) is 0 Å². The molecule has 0 spiro atoms. The first kappa shape index (κ1) is 14.0. The molecule has 1 aromatic heterocycles. The van der Waals surface area contributed by atoms with Crippen LogP contribution >= 0.6 is 11.3 Å². The number of nitrogens with one attached hydrogen (secondary N) is 1. The molecule has 0 radical (unpaired) electrons. The summed E-state index contributed by atoms with van der Waals surface area (Å²) < 4.78 is 0. The van der Waals surface area contributed by atoms with Gasteiger partial charge in [0.15, 0.2) is 0 Å². The number of hydrogen-bond donors (Lipinski definition) is 1. The lowest BCUT2D eigenvalue weighted by atomic mass is 10.1. The number of amides is 1. The van der Waals surface area contributed by atoms with Gasteiger partial charge in [0.2, 0.25) is 0 Å². The highest BCUT2D eigenvalue weighted by Crippen LogP contribution is 2.26. The van der Waals surface area contributed by atoms with Crippen LogP contribution in [0.5, 0.6) is 0 Å². The summed E-state index contributed by atoms with van der Waals surface area (Å²) in [6, 6.07) is 0.369. The summed E-state index contributed by atoms with van der Waals surface area (Å²) in [7, 11) is 0. The molecule has 3 heterocycles. The fourth-order valence-electron chi connectivity index (χ4n) is 3.05. The molecular weight excluding hydrogens is 270 g/mol. The van der Waals surface area contributed by atoms with Crippen LogP contribution in [-0.4, -0.2) is 35.4 Å². The lowest BCUT2D eigenvalue weighted by molar-refractivity contribution is 0.0737. The van der Waals surface area contributed by atoms with Crippen molar-refractivity contribution in [3.63, 3.8) is 0 Å². The fourth-order valence-corrected chi connectivity index (χ4v) is 3.96. The molecule has 110 valence electrons. The number of aromatic nitrogens is 1. The van der Waals surface area contributed by atoms with E-state index in [1.807, 2.05) is 10.3 Å². The molecule has 1 amide bonds. The van der Waals surface area contributed by atoms with Crippen molar-refractivity contribution in [3.8, 4) is 0 Å². The van der Waals surface area contributed by atoms with E-state index in [9.17, 15) is 4.79 Å². The molecule has 2 aliphatic rings. The SMILES string of the molecule is O=C(c1csc(C2CCCN2)n1)N1CCCCCCC1. The lowest BCUT2D eigenvalue weighted by Crippen LogP contribution is -2.34. The van der Waals surface area contributed by atoms with Gasteiger partial charge in [-0.25, -0.2) is 4.98 Å². The molecule has 2 aliphatic heterocycles. The summed E-state index contributed by atoms with van der Waals surface area (Å²) in [5, 5.41) is 6.47. The first-order valence-electron chi connectivity index (χ1n) is 7.83. The van der Waals surface area contributed by atoms with Gasteiger partial charge in [-0.05, 0) is 32.2 Å². The van der Waals surface area contributed by atoms with Gasteiger partial charge in [-0.3, -0.25) is 4.79 Å². The zero-order valence-corrected chi connectivity index (χ0v) is 12.8. The zero-order valence-electron chi connectivity index (χ0n) is 11.9. The largest absolute Gasteiger partial charge is 0.337 e. The van der Waals surface area contributed by atoms with E-state index in [4.69, 9.17) is 0 Å². The molecule has 20 heavy (non-hydrogen) atoms. The van der Waals surface area contributed by atoms with Crippen LogP contribution in [0, 0.1) is 0 Å². The lowest BCUT2D eigenvalue weighted by Gasteiger charge is -2.23. The second-order valence-corrected chi connectivity index (χ2v) is 6.67. The van der Waals surface area contributed by atoms with Gasteiger partial charge in [0.25, 0.3) is 5.91 Å². The van der Waals surface area contributed by atoms with Crippen LogP contribution in [-0.2, 0) is 0 Å². The normalized spacial score (nSPS) is 24.4. The second kappa shape index (κ2) is 6.68. The van der Waals surface area contributed by atoms with Crippen molar-refractivity contribution >= 4 is 17.2 Å². The van der Waals surface area contributed by atoms with Crippen LogP contribution in [0.4, 0.5) is 0 Å². The van der Waals surface area contributed by atoms with Gasteiger partial charge >= 0.3 is 0 Å². The van der Waals surface area contributed by atoms with Gasteiger partial charge in [-0.15, -0.1) is 11.3 Å². The highest BCUT2D eigenvalue weighted by molar-refractivity contribution is 7.09. The van der Waals surface area contributed by atoms with Gasteiger partial charge < -0.3 is 10.2 Å². The quantitative estimate of drug-likeness (QED) is 0.912. The Kier molecular flexibility index (Phi) is 4.68. The molecule has 1 unspecified atom stereocenters. The van der Waals surface area contributed by atoms with Crippen molar-refractivity contribution < 1.29 is 4.79 Å². The Hall–Kier alpha value is -0.940. The number of likely N-dealkylation sites (tertiary alicyclic amines) is 1. The van der Waals surface area contributed by atoms with Crippen LogP contribution in [0.1, 0.15) is 66.5 Å². The minimum absolute atomic E-state index is 0.132. The van der Waals surface area contributed by atoms with Gasteiger partial charge in [-0.1, -0.05) is 19.3 Å².